The summed E-state index contributed by atoms with van der Waals surface area (Å²) in [4.78, 5) is 10.9. The number of aldehydes is 1. The maximum atomic E-state index is 10.9. The fourth-order valence-electron chi connectivity index (χ4n) is 1.80. The van der Waals surface area contributed by atoms with Gasteiger partial charge in [-0.15, -0.1) is 0 Å². The highest BCUT2D eigenvalue weighted by Crippen LogP contribution is 2.25. The third kappa shape index (κ3) is 2.53. The van der Waals surface area contributed by atoms with Crippen molar-refractivity contribution < 1.29 is 9.53 Å². The van der Waals surface area contributed by atoms with E-state index in [4.69, 9.17) is 4.74 Å². The van der Waals surface area contributed by atoms with Crippen molar-refractivity contribution in [2.75, 3.05) is 0 Å². The molecule has 0 radical (unpaired) electrons. The zero-order valence-corrected chi connectivity index (χ0v) is 9.94. The monoisotopic (exact) mass is 226 g/mol. The Morgan fingerprint density at radius 3 is 2.06 bits per heavy atom. The van der Waals surface area contributed by atoms with Crippen LogP contribution in [-0.4, -0.2) is 6.29 Å². The second-order valence-corrected chi connectivity index (χ2v) is 4.00. The minimum Gasteiger partial charge on any atom is -0.457 e. The normalized spacial score (nSPS) is 10.0. The molecule has 0 amide bonds. The van der Waals surface area contributed by atoms with Gasteiger partial charge in [-0.3, -0.25) is 4.79 Å². The Morgan fingerprint density at radius 2 is 1.53 bits per heavy atom. The van der Waals surface area contributed by atoms with E-state index in [-0.39, 0.29) is 0 Å². The van der Waals surface area contributed by atoms with Gasteiger partial charge in [-0.2, -0.15) is 0 Å². The number of carbonyl (C=O) groups excluding carboxylic acids is 1. The number of rotatable bonds is 3. The van der Waals surface area contributed by atoms with Gasteiger partial charge in [0.25, 0.3) is 0 Å². The highest BCUT2D eigenvalue weighted by atomic mass is 16.5. The lowest BCUT2D eigenvalue weighted by atomic mass is 10.0. The average molecular weight is 226 g/mol. The van der Waals surface area contributed by atoms with E-state index in [0.717, 1.165) is 34.5 Å². The molecule has 0 aromatic heterocycles. The van der Waals surface area contributed by atoms with Gasteiger partial charge >= 0.3 is 0 Å². The molecule has 2 nitrogen and oxygen atoms in total. The van der Waals surface area contributed by atoms with Crippen molar-refractivity contribution in [3.63, 3.8) is 0 Å². The molecule has 0 unspecified atom stereocenters. The van der Waals surface area contributed by atoms with E-state index in [2.05, 4.69) is 0 Å². The van der Waals surface area contributed by atoms with E-state index >= 15 is 0 Å². The van der Waals surface area contributed by atoms with Crippen LogP contribution in [-0.2, 0) is 0 Å². The van der Waals surface area contributed by atoms with Crippen molar-refractivity contribution >= 4 is 6.29 Å². The molecule has 0 heterocycles. The van der Waals surface area contributed by atoms with Crippen LogP contribution in [0.1, 0.15) is 21.5 Å². The fraction of sp³-hybridized carbons (Fsp3) is 0.133. The molecule has 0 N–H and O–H groups in total. The predicted octanol–water partition coefficient (Wildman–Crippen LogP) is 3.91. The molecular formula is C15H14O2. The number of benzene rings is 2. The van der Waals surface area contributed by atoms with Crippen LogP contribution in [0, 0.1) is 13.8 Å². The summed E-state index contributed by atoms with van der Waals surface area (Å²) in [6.07, 6.45) is 0.886. The number of hydrogen-bond acceptors (Lipinski definition) is 2. The highest BCUT2D eigenvalue weighted by Gasteiger charge is 2.05. The van der Waals surface area contributed by atoms with Crippen LogP contribution in [0.4, 0.5) is 0 Å². The lowest BCUT2D eigenvalue weighted by Gasteiger charge is -2.09. The average Bonchev–Trinajstić information content (AvgIpc) is 2.30. The number of carbonyl (C=O) groups is 1. The Balaban J connectivity index is 2.32. The Morgan fingerprint density at radius 1 is 0.941 bits per heavy atom. The van der Waals surface area contributed by atoms with Crippen molar-refractivity contribution in [1.82, 2.24) is 0 Å². The molecule has 0 saturated heterocycles. The minimum absolute atomic E-state index is 0.741. The number of ether oxygens (including phenoxy) is 1. The summed E-state index contributed by atoms with van der Waals surface area (Å²) in [5.74, 6) is 1.56. The van der Waals surface area contributed by atoms with Crippen molar-refractivity contribution in [3.8, 4) is 11.5 Å². The van der Waals surface area contributed by atoms with Crippen LogP contribution in [0.2, 0.25) is 0 Å². The van der Waals surface area contributed by atoms with Crippen molar-refractivity contribution in [2.45, 2.75) is 13.8 Å². The van der Waals surface area contributed by atoms with Crippen LogP contribution in [0.5, 0.6) is 11.5 Å². The van der Waals surface area contributed by atoms with Crippen molar-refractivity contribution in [3.05, 3.63) is 59.2 Å². The van der Waals surface area contributed by atoms with E-state index in [9.17, 15) is 4.79 Å². The summed E-state index contributed by atoms with van der Waals surface area (Å²) >= 11 is 0. The Hall–Kier alpha value is -2.09. The largest absolute Gasteiger partial charge is 0.457 e. The van der Waals surface area contributed by atoms with Gasteiger partial charge in [-0.25, -0.2) is 0 Å². The van der Waals surface area contributed by atoms with Gasteiger partial charge in [-0.05, 0) is 49.2 Å². The lowest BCUT2D eigenvalue weighted by molar-refractivity contribution is 0.112. The van der Waals surface area contributed by atoms with E-state index in [0.29, 0.717) is 0 Å². The van der Waals surface area contributed by atoms with E-state index in [1.165, 1.54) is 0 Å². The van der Waals surface area contributed by atoms with Gasteiger partial charge in [0.15, 0.2) is 6.29 Å². The molecule has 2 rings (SSSR count). The summed E-state index contributed by atoms with van der Waals surface area (Å²) in [7, 11) is 0. The number of aryl methyl sites for hydroxylation is 2. The van der Waals surface area contributed by atoms with Crippen LogP contribution >= 0.6 is 0 Å². The first-order valence-corrected chi connectivity index (χ1v) is 5.50. The van der Waals surface area contributed by atoms with Gasteiger partial charge in [0.1, 0.15) is 11.5 Å². The van der Waals surface area contributed by atoms with Crippen LogP contribution in [0.25, 0.3) is 0 Å². The zero-order chi connectivity index (χ0) is 12.3. The van der Waals surface area contributed by atoms with E-state index < -0.39 is 0 Å². The maximum absolute atomic E-state index is 10.9. The van der Waals surface area contributed by atoms with Crippen LogP contribution < -0.4 is 4.74 Å². The third-order valence-electron chi connectivity index (χ3n) is 2.66. The summed E-state index contributed by atoms with van der Waals surface area (Å²) in [5, 5.41) is 0. The van der Waals surface area contributed by atoms with E-state index in [1.54, 1.807) is 0 Å². The van der Waals surface area contributed by atoms with Gasteiger partial charge in [0.2, 0.25) is 0 Å². The van der Waals surface area contributed by atoms with Crippen molar-refractivity contribution in [1.29, 1.82) is 0 Å². The second-order valence-electron chi connectivity index (χ2n) is 4.00. The Bertz CT molecular complexity index is 507. The van der Waals surface area contributed by atoms with Crippen LogP contribution in [0.15, 0.2) is 42.5 Å². The SMILES string of the molecule is Cc1cc(Oc2ccccc2)cc(C)c1C=O. The fourth-order valence-corrected chi connectivity index (χ4v) is 1.80. The van der Waals surface area contributed by atoms with Gasteiger partial charge in [0.05, 0.1) is 0 Å². The quantitative estimate of drug-likeness (QED) is 0.742. The molecule has 2 aromatic carbocycles. The molecule has 0 atom stereocenters. The third-order valence-corrected chi connectivity index (χ3v) is 2.66. The first kappa shape index (κ1) is 11.4. The standard InChI is InChI=1S/C15H14O2/c1-11-8-14(9-12(2)15(11)10-16)17-13-6-4-3-5-7-13/h3-10H,1-2H3. The van der Waals surface area contributed by atoms with Gasteiger partial charge in [-0.1, -0.05) is 18.2 Å². The molecule has 2 aromatic rings. The molecule has 17 heavy (non-hydrogen) atoms. The molecule has 0 spiro atoms. The van der Waals surface area contributed by atoms with Gasteiger partial charge < -0.3 is 4.74 Å². The molecule has 0 aliphatic heterocycles. The highest BCUT2D eigenvalue weighted by molar-refractivity contribution is 5.80. The van der Waals surface area contributed by atoms with E-state index in [1.807, 2.05) is 56.3 Å². The topological polar surface area (TPSA) is 26.3 Å². The molecule has 86 valence electrons. The first-order chi connectivity index (χ1) is 8.20. The molecule has 0 aliphatic rings. The first-order valence-electron chi connectivity index (χ1n) is 5.50. The van der Waals surface area contributed by atoms with Gasteiger partial charge in [0, 0.05) is 5.56 Å². The summed E-state index contributed by atoms with van der Waals surface area (Å²) < 4.78 is 5.72. The summed E-state index contributed by atoms with van der Waals surface area (Å²) in [5.41, 5.74) is 2.61. The second kappa shape index (κ2) is 4.83. The minimum atomic E-state index is 0.741. The smallest absolute Gasteiger partial charge is 0.150 e. The number of hydrogen-bond donors (Lipinski definition) is 0. The lowest BCUT2D eigenvalue weighted by Crippen LogP contribution is -1.93. The molecular weight excluding hydrogens is 212 g/mol. The molecule has 2 heteroatoms. The number of para-hydroxylation sites is 1. The Labute approximate surface area is 101 Å². The Kier molecular flexibility index (Phi) is 3.24. The summed E-state index contributed by atoms with van der Waals surface area (Å²) in [6.45, 7) is 3.82. The molecule has 0 bridgehead atoms. The maximum Gasteiger partial charge on any atom is 0.150 e. The van der Waals surface area contributed by atoms with Crippen molar-refractivity contribution in [2.24, 2.45) is 0 Å². The van der Waals surface area contributed by atoms with Crippen LogP contribution in [0.3, 0.4) is 0 Å². The predicted molar refractivity (Wildman–Crippen MR) is 67.8 cm³/mol. The molecule has 0 saturated carbocycles. The summed E-state index contributed by atoms with van der Waals surface area (Å²) in [6, 6.07) is 13.4. The zero-order valence-electron chi connectivity index (χ0n) is 9.94. The molecule has 0 fully saturated rings. The molecule has 0 aliphatic carbocycles.